The van der Waals surface area contributed by atoms with E-state index in [2.05, 4.69) is 10.1 Å². The van der Waals surface area contributed by atoms with Gasteiger partial charge in [-0.25, -0.2) is 4.79 Å². The van der Waals surface area contributed by atoms with Gasteiger partial charge in [0.1, 0.15) is 0 Å². The third-order valence-corrected chi connectivity index (χ3v) is 2.83. The van der Waals surface area contributed by atoms with Gasteiger partial charge in [-0.3, -0.25) is 0 Å². The van der Waals surface area contributed by atoms with Crippen molar-refractivity contribution in [1.29, 1.82) is 0 Å². The summed E-state index contributed by atoms with van der Waals surface area (Å²) in [5, 5.41) is 3.34. The number of hydrogen-bond donors (Lipinski definition) is 2. The normalized spacial score (nSPS) is 23.4. The summed E-state index contributed by atoms with van der Waals surface area (Å²) in [7, 11) is 1.38. The maximum Gasteiger partial charge on any atom is 0.337 e. The molecule has 0 amide bonds. The van der Waals surface area contributed by atoms with Crippen LogP contribution in [0.5, 0.6) is 0 Å². The van der Waals surface area contributed by atoms with Crippen LogP contribution >= 0.6 is 0 Å². The van der Waals surface area contributed by atoms with Crippen LogP contribution in [0, 0.1) is 0 Å². The zero-order valence-corrected chi connectivity index (χ0v) is 9.27. The van der Waals surface area contributed by atoms with Crippen LogP contribution in [0.15, 0.2) is 24.3 Å². The second-order valence-corrected chi connectivity index (χ2v) is 4.15. The van der Waals surface area contributed by atoms with Gasteiger partial charge >= 0.3 is 5.97 Å². The molecule has 0 bridgehead atoms. The number of carbonyl (C=O) groups is 1. The van der Waals surface area contributed by atoms with Crippen LogP contribution in [0.2, 0.25) is 0 Å². The van der Waals surface area contributed by atoms with Crippen LogP contribution in [-0.4, -0.2) is 25.2 Å². The Morgan fingerprint density at radius 3 is 2.88 bits per heavy atom. The topological polar surface area (TPSA) is 64.3 Å². The molecule has 0 saturated heterocycles. The molecular formula is C12H16N2O2. The maximum absolute atomic E-state index is 11.3. The highest BCUT2D eigenvalue weighted by molar-refractivity contribution is 5.90. The van der Waals surface area contributed by atoms with Gasteiger partial charge in [-0.05, 0) is 31.0 Å². The van der Waals surface area contributed by atoms with Crippen LogP contribution in [-0.2, 0) is 4.74 Å². The molecule has 0 radical (unpaired) electrons. The van der Waals surface area contributed by atoms with Gasteiger partial charge in [0.15, 0.2) is 0 Å². The summed E-state index contributed by atoms with van der Waals surface area (Å²) in [4.78, 5) is 11.3. The fraction of sp³-hybridized carbons (Fsp3) is 0.417. The molecule has 1 fully saturated rings. The van der Waals surface area contributed by atoms with Gasteiger partial charge in [0.05, 0.1) is 12.7 Å². The van der Waals surface area contributed by atoms with E-state index in [9.17, 15) is 4.79 Å². The van der Waals surface area contributed by atoms with Crippen molar-refractivity contribution in [2.24, 2.45) is 5.73 Å². The lowest BCUT2D eigenvalue weighted by Gasteiger charge is -2.33. The number of carbonyl (C=O) groups excluding carboxylic acids is 1. The van der Waals surface area contributed by atoms with E-state index in [1.165, 1.54) is 7.11 Å². The fourth-order valence-corrected chi connectivity index (χ4v) is 1.87. The molecule has 2 rings (SSSR count). The highest BCUT2D eigenvalue weighted by Crippen LogP contribution is 2.23. The molecule has 3 N–H and O–H groups in total. The van der Waals surface area contributed by atoms with Crippen LogP contribution in [0.1, 0.15) is 23.2 Å². The molecule has 1 aliphatic rings. The monoisotopic (exact) mass is 220 g/mol. The molecule has 0 unspecified atom stereocenters. The molecule has 16 heavy (non-hydrogen) atoms. The van der Waals surface area contributed by atoms with E-state index in [4.69, 9.17) is 5.73 Å². The van der Waals surface area contributed by atoms with Gasteiger partial charge in [0.25, 0.3) is 0 Å². The van der Waals surface area contributed by atoms with Gasteiger partial charge in [-0.2, -0.15) is 0 Å². The van der Waals surface area contributed by atoms with E-state index < -0.39 is 0 Å². The lowest BCUT2D eigenvalue weighted by atomic mass is 9.87. The third-order valence-electron chi connectivity index (χ3n) is 2.83. The second-order valence-electron chi connectivity index (χ2n) is 4.15. The Morgan fingerprint density at radius 1 is 1.50 bits per heavy atom. The van der Waals surface area contributed by atoms with Gasteiger partial charge in [-0.1, -0.05) is 6.07 Å². The van der Waals surface area contributed by atoms with Crippen LogP contribution in [0.3, 0.4) is 0 Å². The highest BCUT2D eigenvalue weighted by atomic mass is 16.5. The van der Waals surface area contributed by atoms with E-state index in [0.717, 1.165) is 18.5 Å². The molecular weight excluding hydrogens is 204 g/mol. The molecule has 1 aromatic carbocycles. The average molecular weight is 220 g/mol. The lowest BCUT2D eigenvalue weighted by Crippen LogP contribution is -2.44. The van der Waals surface area contributed by atoms with Crippen molar-refractivity contribution in [1.82, 2.24) is 0 Å². The van der Waals surface area contributed by atoms with Crippen LogP contribution < -0.4 is 11.1 Å². The van der Waals surface area contributed by atoms with Gasteiger partial charge in [0.2, 0.25) is 0 Å². The maximum atomic E-state index is 11.3. The Hall–Kier alpha value is -1.55. The molecule has 1 aliphatic carbocycles. The molecule has 0 aromatic heterocycles. The Morgan fingerprint density at radius 2 is 2.25 bits per heavy atom. The predicted molar refractivity (Wildman–Crippen MR) is 62.4 cm³/mol. The number of methoxy groups -OCH3 is 1. The number of benzene rings is 1. The second kappa shape index (κ2) is 4.53. The molecule has 0 spiro atoms. The molecule has 86 valence electrons. The molecule has 0 aliphatic heterocycles. The number of esters is 1. The summed E-state index contributed by atoms with van der Waals surface area (Å²) in [6, 6.07) is 8.08. The molecule has 4 heteroatoms. The minimum atomic E-state index is -0.311. The summed E-state index contributed by atoms with van der Waals surface area (Å²) >= 11 is 0. The molecule has 4 nitrogen and oxygen atoms in total. The molecule has 0 heterocycles. The number of anilines is 1. The molecule has 1 saturated carbocycles. The number of ether oxygens (including phenoxy) is 1. The standard InChI is InChI=1S/C12H16N2O2/c1-16-12(15)8-3-2-4-10(5-8)14-11-6-9(13)7-11/h2-5,9,11,14H,6-7,13H2,1H3. The van der Waals surface area contributed by atoms with Crippen molar-refractivity contribution in [2.75, 3.05) is 12.4 Å². The summed E-state index contributed by atoms with van der Waals surface area (Å²) in [5.41, 5.74) is 7.22. The number of nitrogens with one attached hydrogen (secondary N) is 1. The van der Waals surface area contributed by atoms with Crippen molar-refractivity contribution in [3.05, 3.63) is 29.8 Å². The van der Waals surface area contributed by atoms with Crippen molar-refractivity contribution in [2.45, 2.75) is 24.9 Å². The Labute approximate surface area is 94.8 Å². The first-order chi connectivity index (χ1) is 7.69. The zero-order valence-electron chi connectivity index (χ0n) is 9.27. The number of hydrogen-bond acceptors (Lipinski definition) is 4. The minimum Gasteiger partial charge on any atom is -0.465 e. The average Bonchev–Trinajstić information content (AvgIpc) is 2.26. The fourth-order valence-electron chi connectivity index (χ4n) is 1.87. The summed E-state index contributed by atoms with van der Waals surface area (Å²) in [6.07, 6.45) is 1.98. The number of nitrogens with two attached hydrogens (primary N) is 1. The quantitative estimate of drug-likeness (QED) is 0.755. The van der Waals surface area contributed by atoms with E-state index in [0.29, 0.717) is 17.6 Å². The van der Waals surface area contributed by atoms with Crippen molar-refractivity contribution in [3.8, 4) is 0 Å². The first-order valence-electron chi connectivity index (χ1n) is 5.39. The van der Waals surface area contributed by atoms with E-state index >= 15 is 0 Å². The zero-order chi connectivity index (χ0) is 11.5. The highest BCUT2D eigenvalue weighted by Gasteiger charge is 2.25. The Bertz CT molecular complexity index is 386. The summed E-state index contributed by atoms with van der Waals surface area (Å²) in [6.45, 7) is 0. The Kier molecular flexibility index (Phi) is 3.10. The van der Waals surface area contributed by atoms with E-state index in [1.54, 1.807) is 12.1 Å². The van der Waals surface area contributed by atoms with Crippen LogP contribution in [0.4, 0.5) is 5.69 Å². The van der Waals surface area contributed by atoms with E-state index in [1.807, 2.05) is 12.1 Å². The minimum absolute atomic E-state index is 0.311. The first kappa shape index (κ1) is 11.0. The Balaban J connectivity index is 2.02. The number of rotatable bonds is 3. The SMILES string of the molecule is COC(=O)c1cccc(NC2CC(N)C2)c1. The van der Waals surface area contributed by atoms with Crippen molar-refractivity contribution >= 4 is 11.7 Å². The van der Waals surface area contributed by atoms with Gasteiger partial charge in [-0.15, -0.1) is 0 Å². The smallest absolute Gasteiger partial charge is 0.337 e. The predicted octanol–water partition coefficient (Wildman–Crippen LogP) is 1.37. The molecule has 1 aromatic rings. The van der Waals surface area contributed by atoms with Crippen LogP contribution in [0.25, 0.3) is 0 Å². The van der Waals surface area contributed by atoms with Crippen molar-refractivity contribution < 1.29 is 9.53 Å². The third kappa shape index (κ3) is 2.33. The molecule has 0 atom stereocenters. The van der Waals surface area contributed by atoms with Gasteiger partial charge in [0, 0.05) is 17.8 Å². The summed E-state index contributed by atoms with van der Waals surface area (Å²) < 4.78 is 4.67. The van der Waals surface area contributed by atoms with Crippen molar-refractivity contribution in [3.63, 3.8) is 0 Å². The first-order valence-corrected chi connectivity index (χ1v) is 5.39. The largest absolute Gasteiger partial charge is 0.465 e. The lowest BCUT2D eigenvalue weighted by molar-refractivity contribution is 0.0601. The summed E-state index contributed by atoms with van der Waals surface area (Å²) in [5.74, 6) is -0.311. The van der Waals surface area contributed by atoms with Gasteiger partial charge < -0.3 is 15.8 Å². The van der Waals surface area contributed by atoms with E-state index in [-0.39, 0.29) is 5.97 Å².